The molecule has 0 aliphatic rings. The number of hydrogen-bond donors (Lipinski definition) is 1. The van der Waals surface area contributed by atoms with Gasteiger partial charge in [0.05, 0.1) is 0 Å². The van der Waals surface area contributed by atoms with Crippen LogP contribution in [-0.2, 0) is 11.4 Å². The van der Waals surface area contributed by atoms with Crippen LogP contribution < -0.4 is 14.8 Å². The molecular weight excluding hydrogens is 333 g/mol. The zero-order chi connectivity index (χ0) is 18.2. The molecule has 0 saturated heterocycles. The molecule has 0 saturated carbocycles. The fraction of sp³-hybridized carbons (Fsp3) is 0.0952. The molecule has 3 rings (SSSR count). The molecule has 0 aliphatic carbocycles. The lowest BCUT2D eigenvalue weighted by Crippen LogP contribution is -2.20. The van der Waals surface area contributed by atoms with Crippen LogP contribution in [0.4, 0.5) is 10.1 Å². The van der Waals surface area contributed by atoms with Gasteiger partial charge in [-0.05, 0) is 42.0 Å². The van der Waals surface area contributed by atoms with E-state index in [2.05, 4.69) is 5.32 Å². The van der Waals surface area contributed by atoms with E-state index in [9.17, 15) is 9.18 Å². The number of hydrogen-bond acceptors (Lipinski definition) is 3. The predicted octanol–water partition coefficient (Wildman–Crippen LogP) is 4.42. The molecule has 3 aromatic rings. The summed E-state index contributed by atoms with van der Waals surface area (Å²) in [6.07, 6.45) is 0. The molecule has 0 aromatic heterocycles. The maximum atomic E-state index is 12.9. The number of benzene rings is 3. The Morgan fingerprint density at radius 2 is 1.42 bits per heavy atom. The smallest absolute Gasteiger partial charge is 0.262 e. The van der Waals surface area contributed by atoms with Crippen LogP contribution in [-0.4, -0.2) is 12.5 Å². The van der Waals surface area contributed by atoms with Crippen LogP contribution in [0.15, 0.2) is 78.9 Å². The van der Waals surface area contributed by atoms with E-state index in [0.29, 0.717) is 23.8 Å². The van der Waals surface area contributed by atoms with E-state index in [1.54, 1.807) is 12.1 Å². The third-order valence-electron chi connectivity index (χ3n) is 3.57. The summed E-state index contributed by atoms with van der Waals surface area (Å²) in [6.45, 7) is 0.228. The van der Waals surface area contributed by atoms with Crippen LogP contribution in [0, 0.1) is 5.82 Å². The number of anilines is 1. The fourth-order valence-electron chi connectivity index (χ4n) is 2.30. The lowest BCUT2D eigenvalue weighted by molar-refractivity contribution is -0.118. The van der Waals surface area contributed by atoms with E-state index < -0.39 is 0 Å². The highest BCUT2D eigenvalue weighted by atomic mass is 19.1. The van der Waals surface area contributed by atoms with Crippen molar-refractivity contribution in [2.45, 2.75) is 6.61 Å². The molecule has 132 valence electrons. The first-order valence-electron chi connectivity index (χ1n) is 8.15. The van der Waals surface area contributed by atoms with Crippen LogP contribution in [0.3, 0.4) is 0 Å². The van der Waals surface area contributed by atoms with Gasteiger partial charge in [0.1, 0.15) is 12.4 Å². The van der Waals surface area contributed by atoms with E-state index in [1.807, 2.05) is 42.5 Å². The Morgan fingerprint density at radius 3 is 2.12 bits per heavy atom. The van der Waals surface area contributed by atoms with Gasteiger partial charge in [-0.1, -0.05) is 42.5 Å². The first kappa shape index (κ1) is 17.5. The average molecular weight is 351 g/mol. The van der Waals surface area contributed by atoms with Crippen molar-refractivity contribution in [3.05, 3.63) is 90.2 Å². The van der Waals surface area contributed by atoms with Gasteiger partial charge >= 0.3 is 0 Å². The molecule has 4 nitrogen and oxygen atoms in total. The molecule has 0 heterocycles. The molecule has 3 aromatic carbocycles. The van der Waals surface area contributed by atoms with Gasteiger partial charge in [0.2, 0.25) is 0 Å². The van der Waals surface area contributed by atoms with Crippen LogP contribution in [0.1, 0.15) is 5.56 Å². The zero-order valence-corrected chi connectivity index (χ0v) is 14.0. The van der Waals surface area contributed by atoms with Crippen LogP contribution in [0.2, 0.25) is 0 Å². The van der Waals surface area contributed by atoms with Crippen molar-refractivity contribution in [1.29, 1.82) is 0 Å². The monoisotopic (exact) mass is 351 g/mol. The molecule has 0 spiro atoms. The predicted molar refractivity (Wildman–Crippen MR) is 97.7 cm³/mol. The highest BCUT2D eigenvalue weighted by Gasteiger charge is 2.08. The summed E-state index contributed by atoms with van der Waals surface area (Å²) in [5.74, 6) is 0.349. The van der Waals surface area contributed by atoms with Gasteiger partial charge in [0, 0.05) is 5.69 Å². The van der Waals surface area contributed by atoms with Crippen LogP contribution in [0.5, 0.6) is 11.5 Å². The number of carbonyl (C=O) groups is 1. The zero-order valence-electron chi connectivity index (χ0n) is 14.0. The summed E-state index contributed by atoms with van der Waals surface area (Å²) in [5.41, 5.74) is 1.55. The Bertz CT molecular complexity index is 851. The summed E-state index contributed by atoms with van der Waals surface area (Å²) >= 11 is 0. The van der Waals surface area contributed by atoms with Crippen molar-refractivity contribution >= 4 is 11.6 Å². The molecule has 5 heteroatoms. The Hall–Kier alpha value is -3.34. The molecule has 26 heavy (non-hydrogen) atoms. The fourth-order valence-corrected chi connectivity index (χ4v) is 2.30. The van der Waals surface area contributed by atoms with Crippen molar-refractivity contribution in [3.63, 3.8) is 0 Å². The van der Waals surface area contributed by atoms with Crippen LogP contribution >= 0.6 is 0 Å². The summed E-state index contributed by atoms with van der Waals surface area (Å²) in [6, 6.07) is 22.5. The third-order valence-corrected chi connectivity index (χ3v) is 3.57. The maximum absolute atomic E-state index is 12.9. The van der Waals surface area contributed by atoms with Gasteiger partial charge in [-0.2, -0.15) is 0 Å². The maximum Gasteiger partial charge on any atom is 0.262 e. The van der Waals surface area contributed by atoms with E-state index in [0.717, 1.165) is 5.56 Å². The Kier molecular flexibility index (Phi) is 5.83. The van der Waals surface area contributed by atoms with Gasteiger partial charge in [0.15, 0.2) is 18.1 Å². The van der Waals surface area contributed by atoms with E-state index >= 15 is 0 Å². The van der Waals surface area contributed by atoms with Gasteiger partial charge in [-0.15, -0.1) is 0 Å². The summed E-state index contributed by atoms with van der Waals surface area (Å²) in [4.78, 5) is 12.0. The molecular formula is C21H18FNO3. The third kappa shape index (κ3) is 5.08. The number of halogens is 1. The molecule has 1 amide bonds. The molecule has 0 bridgehead atoms. The van der Waals surface area contributed by atoms with Crippen LogP contribution in [0.25, 0.3) is 0 Å². The number of para-hydroxylation sites is 2. The minimum absolute atomic E-state index is 0.177. The second-order valence-electron chi connectivity index (χ2n) is 5.56. The largest absolute Gasteiger partial charge is 0.485 e. The molecule has 0 fully saturated rings. The molecule has 0 atom stereocenters. The Balaban J connectivity index is 1.56. The summed E-state index contributed by atoms with van der Waals surface area (Å²) in [7, 11) is 0. The normalized spacial score (nSPS) is 10.2. The van der Waals surface area contributed by atoms with E-state index in [4.69, 9.17) is 9.47 Å². The average Bonchev–Trinajstić information content (AvgIpc) is 2.68. The molecule has 0 aliphatic heterocycles. The standard InChI is InChI=1S/C21H18FNO3/c22-17-10-12-18(13-11-17)23-21(24)15-26-20-9-5-4-8-19(20)25-14-16-6-2-1-3-7-16/h1-13H,14-15H2,(H,23,24). The topological polar surface area (TPSA) is 47.6 Å². The number of carbonyl (C=O) groups excluding carboxylic acids is 1. The number of rotatable bonds is 7. The van der Waals surface area contributed by atoms with Crippen molar-refractivity contribution < 1.29 is 18.7 Å². The quantitative estimate of drug-likeness (QED) is 0.685. The number of ether oxygens (including phenoxy) is 2. The lowest BCUT2D eigenvalue weighted by atomic mass is 10.2. The van der Waals surface area contributed by atoms with Gasteiger partial charge in [-0.25, -0.2) is 4.39 Å². The van der Waals surface area contributed by atoms with Gasteiger partial charge in [0.25, 0.3) is 5.91 Å². The minimum Gasteiger partial charge on any atom is -0.485 e. The van der Waals surface area contributed by atoms with Crippen molar-refractivity contribution in [2.24, 2.45) is 0 Å². The lowest BCUT2D eigenvalue weighted by Gasteiger charge is -2.13. The number of nitrogens with one attached hydrogen (secondary N) is 1. The molecule has 0 unspecified atom stereocenters. The first-order valence-corrected chi connectivity index (χ1v) is 8.15. The summed E-state index contributed by atoms with van der Waals surface area (Å²) < 4.78 is 24.2. The highest BCUT2D eigenvalue weighted by Crippen LogP contribution is 2.27. The molecule has 0 radical (unpaired) electrons. The Labute approximate surface area is 151 Å². The second kappa shape index (κ2) is 8.67. The van der Waals surface area contributed by atoms with Crippen molar-refractivity contribution in [3.8, 4) is 11.5 Å². The first-order chi connectivity index (χ1) is 12.7. The second-order valence-corrected chi connectivity index (χ2v) is 5.56. The Morgan fingerprint density at radius 1 is 0.808 bits per heavy atom. The van der Waals surface area contributed by atoms with Gasteiger partial charge < -0.3 is 14.8 Å². The minimum atomic E-state index is -0.358. The SMILES string of the molecule is O=C(COc1ccccc1OCc1ccccc1)Nc1ccc(F)cc1. The van der Waals surface area contributed by atoms with Crippen molar-refractivity contribution in [2.75, 3.05) is 11.9 Å². The summed E-state index contributed by atoms with van der Waals surface area (Å²) in [5, 5.41) is 2.65. The highest BCUT2D eigenvalue weighted by molar-refractivity contribution is 5.91. The van der Waals surface area contributed by atoms with E-state index in [1.165, 1.54) is 24.3 Å². The van der Waals surface area contributed by atoms with Crippen molar-refractivity contribution in [1.82, 2.24) is 0 Å². The number of amides is 1. The van der Waals surface area contributed by atoms with Gasteiger partial charge in [-0.3, -0.25) is 4.79 Å². The van der Waals surface area contributed by atoms with E-state index in [-0.39, 0.29) is 18.3 Å². The molecule has 1 N–H and O–H groups in total.